The van der Waals surface area contributed by atoms with E-state index in [0.717, 1.165) is 40.9 Å². The number of hydrogen-bond acceptors (Lipinski definition) is 4. The van der Waals surface area contributed by atoms with E-state index in [1.807, 2.05) is 18.2 Å². The van der Waals surface area contributed by atoms with Crippen molar-refractivity contribution in [2.45, 2.75) is 32.6 Å². The Hall–Kier alpha value is -3.15. The normalized spacial score (nSPS) is 13.4. The highest BCUT2D eigenvalue weighted by Gasteiger charge is 2.24. The monoisotopic (exact) mass is 396 g/mol. The number of fused-ring (bicyclic) bond motifs is 1. The first-order chi connectivity index (χ1) is 14.0. The van der Waals surface area contributed by atoms with Crippen LogP contribution in [-0.4, -0.2) is 34.8 Å². The van der Waals surface area contributed by atoms with Crippen molar-refractivity contribution >= 4 is 23.2 Å². The van der Waals surface area contributed by atoms with Crippen LogP contribution in [0.5, 0.6) is 5.75 Å². The number of rotatable bonds is 3. The summed E-state index contributed by atoms with van der Waals surface area (Å²) in [5, 5.41) is 17.8. The van der Waals surface area contributed by atoms with E-state index in [1.165, 1.54) is 30.5 Å². The first kappa shape index (κ1) is 20.6. The minimum atomic E-state index is -0.250. The fraction of sp³-hybridized carbons (Fsp3) is 0.304. The zero-order valence-corrected chi connectivity index (χ0v) is 16.6. The SMILES string of the molecule is CC(C)c1c(N2CCCC2)nc2cc(O)ccc2c1-c1ccc(F)cc1.O=CO. The highest BCUT2D eigenvalue weighted by atomic mass is 19.1. The molecule has 1 aliphatic heterocycles. The lowest BCUT2D eigenvalue weighted by Gasteiger charge is -2.26. The number of aromatic nitrogens is 1. The Morgan fingerprint density at radius 3 is 2.31 bits per heavy atom. The van der Waals surface area contributed by atoms with E-state index in [0.29, 0.717) is 0 Å². The van der Waals surface area contributed by atoms with Crippen molar-refractivity contribution in [2.75, 3.05) is 18.0 Å². The largest absolute Gasteiger partial charge is 0.508 e. The highest BCUT2D eigenvalue weighted by molar-refractivity contribution is 5.99. The van der Waals surface area contributed by atoms with Gasteiger partial charge in [-0.2, -0.15) is 0 Å². The summed E-state index contributed by atoms with van der Waals surface area (Å²) in [5.41, 5.74) is 4.04. The Bertz CT molecular complexity index is 997. The van der Waals surface area contributed by atoms with Gasteiger partial charge in [-0.1, -0.05) is 26.0 Å². The number of halogens is 1. The molecule has 0 saturated carbocycles. The Labute approximate surface area is 169 Å². The van der Waals surface area contributed by atoms with Crippen molar-refractivity contribution in [3.63, 3.8) is 0 Å². The van der Waals surface area contributed by atoms with Gasteiger partial charge in [-0.3, -0.25) is 4.79 Å². The number of pyridine rings is 1. The van der Waals surface area contributed by atoms with Crippen LogP contribution < -0.4 is 4.90 Å². The van der Waals surface area contributed by atoms with Gasteiger partial charge in [-0.25, -0.2) is 9.37 Å². The van der Waals surface area contributed by atoms with Crippen molar-refractivity contribution < 1.29 is 19.4 Å². The summed E-state index contributed by atoms with van der Waals surface area (Å²) in [7, 11) is 0. The minimum Gasteiger partial charge on any atom is -0.508 e. The van der Waals surface area contributed by atoms with Crippen LogP contribution in [0.2, 0.25) is 0 Å². The van der Waals surface area contributed by atoms with Crippen LogP contribution in [0.4, 0.5) is 10.2 Å². The summed E-state index contributed by atoms with van der Waals surface area (Å²) in [4.78, 5) is 15.6. The molecule has 1 saturated heterocycles. The van der Waals surface area contributed by atoms with E-state index in [4.69, 9.17) is 14.9 Å². The number of benzene rings is 2. The van der Waals surface area contributed by atoms with Gasteiger partial charge in [-0.15, -0.1) is 0 Å². The molecule has 0 amide bonds. The summed E-state index contributed by atoms with van der Waals surface area (Å²) >= 11 is 0. The van der Waals surface area contributed by atoms with E-state index in [1.54, 1.807) is 12.1 Å². The first-order valence-electron chi connectivity index (χ1n) is 9.71. The lowest BCUT2D eigenvalue weighted by atomic mass is 9.89. The van der Waals surface area contributed by atoms with Gasteiger partial charge in [0.05, 0.1) is 5.52 Å². The molecule has 4 rings (SSSR count). The summed E-state index contributed by atoms with van der Waals surface area (Å²) in [5.74, 6) is 1.24. The Morgan fingerprint density at radius 1 is 1.10 bits per heavy atom. The fourth-order valence-corrected chi connectivity index (χ4v) is 3.90. The third kappa shape index (κ3) is 4.31. The van der Waals surface area contributed by atoms with E-state index >= 15 is 0 Å². The topological polar surface area (TPSA) is 73.7 Å². The van der Waals surface area contributed by atoms with Crippen molar-refractivity contribution in [3.05, 3.63) is 53.8 Å². The molecule has 0 atom stereocenters. The van der Waals surface area contributed by atoms with Crippen LogP contribution in [-0.2, 0) is 4.79 Å². The van der Waals surface area contributed by atoms with Gasteiger partial charge in [-0.05, 0) is 54.2 Å². The average molecular weight is 396 g/mol. The maximum Gasteiger partial charge on any atom is 0.290 e. The van der Waals surface area contributed by atoms with Crippen molar-refractivity contribution in [1.82, 2.24) is 4.98 Å². The summed E-state index contributed by atoms with van der Waals surface area (Å²) in [6.45, 7) is 6.10. The predicted molar refractivity (Wildman–Crippen MR) is 113 cm³/mol. The quantitative estimate of drug-likeness (QED) is 0.598. The van der Waals surface area contributed by atoms with E-state index in [-0.39, 0.29) is 24.0 Å². The van der Waals surface area contributed by atoms with Crippen LogP contribution in [0.15, 0.2) is 42.5 Å². The zero-order valence-electron chi connectivity index (χ0n) is 16.6. The predicted octanol–water partition coefficient (Wildman–Crippen LogP) is 5.17. The Kier molecular flexibility index (Phi) is 6.32. The van der Waals surface area contributed by atoms with Crippen LogP contribution >= 0.6 is 0 Å². The van der Waals surface area contributed by atoms with Crippen LogP contribution in [0.3, 0.4) is 0 Å². The van der Waals surface area contributed by atoms with E-state index < -0.39 is 0 Å². The Morgan fingerprint density at radius 2 is 1.72 bits per heavy atom. The number of phenols is 1. The van der Waals surface area contributed by atoms with Gasteiger partial charge in [0.25, 0.3) is 6.47 Å². The molecular weight excluding hydrogens is 371 g/mol. The molecule has 2 aromatic carbocycles. The number of carbonyl (C=O) groups is 1. The third-order valence-corrected chi connectivity index (χ3v) is 5.10. The second-order valence-corrected chi connectivity index (χ2v) is 7.39. The van der Waals surface area contributed by atoms with Gasteiger partial charge < -0.3 is 15.1 Å². The van der Waals surface area contributed by atoms with E-state index in [2.05, 4.69) is 18.7 Å². The molecular formula is C23H25FN2O3. The van der Waals surface area contributed by atoms with Gasteiger partial charge in [0.2, 0.25) is 0 Å². The molecule has 6 heteroatoms. The smallest absolute Gasteiger partial charge is 0.290 e. The van der Waals surface area contributed by atoms with Gasteiger partial charge in [0.1, 0.15) is 17.4 Å². The number of aromatic hydroxyl groups is 1. The zero-order chi connectivity index (χ0) is 21.0. The lowest BCUT2D eigenvalue weighted by Crippen LogP contribution is -2.21. The average Bonchev–Trinajstić information content (AvgIpc) is 3.22. The maximum atomic E-state index is 13.5. The second kappa shape index (κ2) is 8.90. The van der Waals surface area contributed by atoms with Crippen molar-refractivity contribution in [3.8, 4) is 16.9 Å². The molecule has 0 aliphatic carbocycles. The second-order valence-electron chi connectivity index (χ2n) is 7.39. The lowest BCUT2D eigenvalue weighted by molar-refractivity contribution is -0.122. The number of anilines is 1. The molecule has 2 heterocycles. The molecule has 0 unspecified atom stereocenters. The van der Waals surface area contributed by atoms with Crippen LogP contribution in [0.1, 0.15) is 38.2 Å². The van der Waals surface area contributed by atoms with Gasteiger partial charge in [0.15, 0.2) is 0 Å². The molecule has 2 N–H and O–H groups in total. The number of phenolic OH excluding ortho intramolecular Hbond substituents is 1. The molecule has 1 aliphatic rings. The molecule has 152 valence electrons. The molecule has 0 spiro atoms. The fourth-order valence-electron chi connectivity index (χ4n) is 3.90. The standard InChI is InChI=1S/C22H23FN2O.CH2O2/c1-14(2)20-21(15-5-7-16(23)8-6-15)18-10-9-17(26)13-19(18)24-22(20)25-11-3-4-12-25;2-1-3/h5-10,13-14,26H,3-4,11-12H2,1-2H3;1H,(H,2,3). The first-order valence-corrected chi connectivity index (χ1v) is 9.71. The molecule has 0 radical (unpaired) electrons. The molecule has 3 aromatic rings. The number of hydrogen-bond donors (Lipinski definition) is 2. The maximum absolute atomic E-state index is 13.5. The Balaban J connectivity index is 0.000000755. The summed E-state index contributed by atoms with van der Waals surface area (Å²) in [6.07, 6.45) is 2.34. The minimum absolute atomic E-state index is 0.208. The molecule has 1 aromatic heterocycles. The number of carboxylic acid groups (broad SMARTS) is 1. The third-order valence-electron chi connectivity index (χ3n) is 5.10. The van der Waals surface area contributed by atoms with Gasteiger partial charge >= 0.3 is 0 Å². The molecule has 1 fully saturated rings. The van der Waals surface area contributed by atoms with Crippen molar-refractivity contribution in [2.24, 2.45) is 0 Å². The van der Waals surface area contributed by atoms with Gasteiger partial charge in [0, 0.05) is 30.1 Å². The number of nitrogens with zero attached hydrogens (tertiary/aromatic N) is 2. The van der Waals surface area contributed by atoms with Crippen molar-refractivity contribution in [1.29, 1.82) is 0 Å². The highest BCUT2D eigenvalue weighted by Crippen LogP contribution is 2.42. The molecule has 0 bridgehead atoms. The van der Waals surface area contributed by atoms with E-state index in [9.17, 15) is 9.50 Å². The molecule has 5 nitrogen and oxygen atoms in total. The van der Waals surface area contributed by atoms with Crippen LogP contribution in [0, 0.1) is 5.82 Å². The molecule has 29 heavy (non-hydrogen) atoms. The summed E-state index contributed by atoms with van der Waals surface area (Å²) < 4.78 is 13.5. The van der Waals surface area contributed by atoms with Crippen LogP contribution in [0.25, 0.3) is 22.0 Å². The summed E-state index contributed by atoms with van der Waals surface area (Å²) in [6, 6.07) is 12.0.